The molecule has 158 valence electrons. The number of aromatic nitrogens is 2. The van der Waals surface area contributed by atoms with Crippen molar-refractivity contribution in [3.8, 4) is 17.0 Å². The van der Waals surface area contributed by atoms with Gasteiger partial charge >= 0.3 is 11.9 Å². The lowest BCUT2D eigenvalue weighted by molar-refractivity contribution is -0.159. The van der Waals surface area contributed by atoms with Crippen molar-refractivity contribution in [3.05, 3.63) is 65.3 Å². The van der Waals surface area contributed by atoms with Gasteiger partial charge in [0.25, 0.3) is 0 Å². The quantitative estimate of drug-likeness (QED) is 0.507. The molecule has 0 radical (unpaired) electrons. The topological polar surface area (TPSA) is 114 Å². The number of carboxylic acids is 2. The summed E-state index contributed by atoms with van der Waals surface area (Å²) >= 11 is 6.08. The van der Waals surface area contributed by atoms with E-state index in [9.17, 15) is 0 Å². The highest BCUT2D eigenvalue weighted by Gasteiger charge is 2.10. The first-order valence-electron chi connectivity index (χ1n) is 9.02. The van der Waals surface area contributed by atoms with E-state index >= 15 is 0 Å². The van der Waals surface area contributed by atoms with Gasteiger partial charge in [-0.1, -0.05) is 41.9 Å². The smallest absolute Gasteiger partial charge is 0.414 e. The van der Waals surface area contributed by atoms with Gasteiger partial charge in [-0.15, -0.1) is 0 Å². The summed E-state index contributed by atoms with van der Waals surface area (Å²) in [7, 11) is 1.99. The lowest BCUT2D eigenvalue weighted by atomic mass is 10.2. The van der Waals surface area contributed by atoms with Crippen LogP contribution in [0.1, 0.15) is 12.5 Å². The van der Waals surface area contributed by atoms with Crippen LogP contribution in [0, 0.1) is 0 Å². The van der Waals surface area contributed by atoms with Gasteiger partial charge in [0.2, 0.25) is 5.95 Å². The van der Waals surface area contributed by atoms with Gasteiger partial charge < -0.3 is 24.8 Å². The second kappa shape index (κ2) is 10.9. The van der Waals surface area contributed by atoms with Gasteiger partial charge in [0.15, 0.2) is 0 Å². The number of benzene rings is 2. The van der Waals surface area contributed by atoms with E-state index < -0.39 is 11.9 Å². The zero-order valence-corrected chi connectivity index (χ0v) is 17.3. The third-order valence-corrected chi connectivity index (χ3v) is 4.24. The first-order valence-corrected chi connectivity index (χ1v) is 9.39. The fourth-order valence-corrected chi connectivity index (χ4v) is 2.80. The zero-order chi connectivity index (χ0) is 22.1. The van der Waals surface area contributed by atoms with Crippen molar-refractivity contribution in [3.63, 3.8) is 0 Å². The molecule has 30 heavy (non-hydrogen) atoms. The van der Waals surface area contributed by atoms with Gasteiger partial charge in [0, 0.05) is 29.7 Å². The van der Waals surface area contributed by atoms with E-state index in [1.54, 1.807) is 0 Å². The van der Waals surface area contributed by atoms with Crippen LogP contribution >= 0.6 is 11.6 Å². The molecule has 2 aromatic carbocycles. The Balaban J connectivity index is 0.000000469. The number of carbonyl (C=O) groups is 2. The average molecular weight is 432 g/mol. The van der Waals surface area contributed by atoms with Gasteiger partial charge in [-0.05, 0) is 25.1 Å². The highest BCUT2D eigenvalue weighted by molar-refractivity contribution is 6.30. The van der Waals surface area contributed by atoms with Crippen molar-refractivity contribution in [2.75, 3.05) is 11.9 Å². The van der Waals surface area contributed by atoms with Gasteiger partial charge in [-0.25, -0.2) is 14.6 Å². The number of nitrogens with zero attached hydrogens (tertiary/aromatic N) is 2. The number of imidazole rings is 1. The van der Waals surface area contributed by atoms with Gasteiger partial charge in [0.05, 0.1) is 18.5 Å². The first kappa shape index (κ1) is 22.8. The zero-order valence-electron chi connectivity index (χ0n) is 16.5. The molecular weight excluding hydrogens is 410 g/mol. The Kier molecular flexibility index (Phi) is 8.25. The fourth-order valence-electron chi connectivity index (χ4n) is 2.61. The Labute approximate surface area is 178 Å². The van der Waals surface area contributed by atoms with E-state index in [-0.39, 0.29) is 0 Å². The summed E-state index contributed by atoms with van der Waals surface area (Å²) in [5.74, 6) is -1.95. The van der Waals surface area contributed by atoms with E-state index in [4.69, 9.17) is 36.1 Å². The number of hydrogen-bond acceptors (Lipinski definition) is 5. The lowest BCUT2D eigenvalue weighted by Crippen LogP contribution is -2.09. The minimum atomic E-state index is -1.82. The molecule has 0 aliphatic rings. The second-order valence-electron chi connectivity index (χ2n) is 6.04. The number of carboxylic acid groups (broad SMARTS) is 2. The maximum Gasteiger partial charge on any atom is 0.414 e. The van der Waals surface area contributed by atoms with Crippen molar-refractivity contribution < 1.29 is 24.5 Å². The molecule has 1 heterocycles. The molecule has 0 bridgehead atoms. The Morgan fingerprint density at radius 3 is 2.47 bits per heavy atom. The average Bonchev–Trinajstić information content (AvgIpc) is 3.08. The van der Waals surface area contributed by atoms with Crippen molar-refractivity contribution in [1.29, 1.82) is 0 Å². The predicted molar refractivity (Wildman–Crippen MR) is 114 cm³/mol. The molecule has 0 atom stereocenters. The lowest BCUT2D eigenvalue weighted by Gasteiger charge is -2.12. The Bertz CT molecular complexity index is 1010. The van der Waals surface area contributed by atoms with Crippen molar-refractivity contribution >= 4 is 29.5 Å². The molecule has 0 fully saturated rings. The summed E-state index contributed by atoms with van der Waals surface area (Å²) in [5.41, 5.74) is 3.16. The normalized spacial score (nSPS) is 9.97. The first-order chi connectivity index (χ1) is 14.3. The molecule has 9 heteroatoms. The van der Waals surface area contributed by atoms with Crippen LogP contribution in [0.15, 0.2) is 54.7 Å². The molecule has 3 rings (SSSR count). The maximum atomic E-state index is 9.10. The van der Waals surface area contributed by atoms with Crippen LogP contribution in [-0.2, 0) is 23.2 Å². The van der Waals surface area contributed by atoms with Crippen molar-refractivity contribution in [2.45, 2.75) is 13.5 Å². The summed E-state index contributed by atoms with van der Waals surface area (Å²) < 4.78 is 7.68. The number of ether oxygens (including phenoxy) is 1. The minimum absolute atomic E-state index is 0.649. The highest BCUT2D eigenvalue weighted by atomic mass is 35.5. The van der Waals surface area contributed by atoms with Gasteiger partial charge in [0.1, 0.15) is 5.75 Å². The monoisotopic (exact) mass is 431 g/mol. The van der Waals surface area contributed by atoms with E-state index in [0.29, 0.717) is 18.2 Å². The minimum Gasteiger partial charge on any atom is -0.494 e. The van der Waals surface area contributed by atoms with Crippen LogP contribution < -0.4 is 10.1 Å². The number of nitrogens with one attached hydrogen (secondary N) is 1. The standard InChI is InChI=1S/C19H20ClN3O.C2H2O4/c1-3-24-18-10-5-4-7-15(18)12-21-19-22-13-17(23(19)2)14-8-6-9-16(20)11-14;3-1(4)2(5)6/h4-11,13H,3,12H2,1-2H3,(H,21,22);(H,3,4)(H,5,6). The van der Waals surface area contributed by atoms with Crippen LogP contribution in [0.3, 0.4) is 0 Å². The molecule has 3 aromatic rings. The fraction of sp³-hybridized carbons (Fsp3) is 0.190. The Morgan fingerprint density at radius 1 is 1.13 bits per heavy atom. The molecule has 8 nitrogen and oxygen atoms in total. The molecular formula is C21H22ClN3O5. The SMILES string of the molecule is CCOc1ccccc1CNc1ncc(-c2cccc(Cl)c2)n1C.O=C(O)C(=O)O. The van der Waals surface area contributed by atoms with Crippen LogP contribution in [0.2, 0.25) is 5.02 Å². The molecule has 0 spiro atoms. The number of aliphatic carboxylic acids is 2. The highest BCUT2D eigenvalue weighted by Crippen LogP contribution is 2.25. The molecule has 0 aliphatic heterocycles. The molecule has 1 aromatic heterocycles. The van der Waals surface area contributed by atoms with Crippen LogP contribution in [0.25, 0.3) is 11.3 Å². The largest absolute Gasteiger partial charge is 0.494 e. The van der Waals surface area contributed by atoms with Crippen LogP contribution in [0.4, 0.5) is 5.95 Å². The maximum absolute atomic E-state index is 9.10. The Hall–Kier alpha value is -3.52. The summed E-state index contributed by atoms with van der Waals surface area (Å²) in [6.07, 6.45) is 1.85. The number of halogens is 1. The van der Waals surface area contributed by atoms with Crippen LogP contribution in [0.5, 0.6) is 5.75 Å². The molecule has 0 aliphatic carbocycles. The molecule has 0 saturated heterocycles. The summed E-state index contributed by atoms with van der Waals surface area (Å²) in [5, 5.41) is 18.9. The van der Waals surface area contributed by atoms with E-state index in [2.05, 4.69) is 16.4 Å². The van der Waals surface area contributed by atoms with Crippen LogP contribution in [-0.4, -0.2) is 38.3 Å². The molecule has 3 N–H and O–H groups in total. The number of hydrogen-bond donors (Lipinski definition) is 3. The second-order valence-corrected chi connectivity index (χ2v) is 6.48. The van der Waals surface area contributed by atoms with Crippen molar-refractivity contribution in [1.82, 2.24) is 9.55 Å². The summed E-state index contributed by atoms with van der Waals surface area (Å²) in [6, 6.07) is 15.8. The molecule has 0 unspecified atom stereocenters. The third kappa shape index (κ3) is 6.25. The molecule has 0 saturated carbocycles. The summed E-state index contributed by atoms with van der Waals surface area (Å²) in [4.78, 5) is 22.7. The summed E-state index contributed by atoms with van der Waals surface area (Å²) in [6.45, 7) is 3.29. The number of rotatable bonds is 6. The number of para-hydroxylation sites is 1. The predicted octanol–water partition coefficient (Wildman–Crippen LogP) is 3.91. The Morgan fingerprint density at radius 2 is 1.83 bits per heavy atom. The third-order valence-electron chi connectivity index (χ3n) is 4.00. The van der Waals surface area contributed by atoms with Crippen molar-refractivity contribution in [2.24, 2.45) is 7.05 Å². The van der Waals surface area contributed by atoms with Gasteiger partial charge in [-0.3, -0.25) is 0 Å². The van der Waals surface area contributed by atoms with E-state index in [1.807, 2.05) is 67.2 Å². The van der Waals surface area contributed by atoms with E-state index in [1.165, 1.54) is 0 Å². The van der Waals surface area contributed by atoms with Gasteiger partial charge in [-0.2, -0.15) is 0 Å². The van der Waals surface area contributed by atoms with E-state index in [0.717, 1.165) is 28.5 Å². The molecule has 0 amide bonds. The number of anilines is 1.